The summed E-state index contributed by atoms with van der Waals surface area (Å²) in [7, 11) is -3.53. The number of sulfonamides is 1. The van der Waals surface area contributed by atoms with Gasteiger partial charge in [0.25, 0.3) is 5.91 Å². The van der Waals surface area contributed by atoms with Gasteiger partial charge in [-0.15, -0.1) is 0 Å². The number of nitrogens with zero attached hydrogens (tertiary/aromatic N) is 3. The lowest BCUT2D eigenvalue weighted by Crippen LogP contribution is -2.41. The molecule has 1 unspecified atom stereocenters. The highest BCUT2D eigenvalue weighted by molar-refractivity contribution is 7.89. The van der Waals surface area contributed by atoms with E-state index in [1.807, 2.05) is 0 Å². The number of rotatable bonds is 5. The number of benzene rings is 1. The minimum atomic E-state index is -3.53. The van der Waals surface area contributed by atoms with Crippen molar-refractivity contribution in [3.05, 3.63) is 66.1 Å². The first-order valence-corrected chi connectivity index (χ1v) is 12.9. The molecule has 0 radical (unpaired) electrons. The van der Waals surface area contributed by atoms with E-state index in [-0.39, 0.29) is 11.4 Å². The topological polar surface area (TPSA) is 95.8 Å². The van der Waals surface area contributed by atoms with Gasteiger partial charge >= 0.3 is 0 Å². The van der Waals surface area contributed by atoms with E-state index in [0.29, 0.717) is 30.1 Å². The number of nitrogens with one attached hydrogen (secondary N) is 2. The van der Waals surface area contributed by atoms with E-state index in [4.69, 9.17) is 0 Å². The normalized spacial score (nSPS) is 21.9. The van der Waals surface area contributed by atoms with Crippen molar-refractivity contribution in [2.45, 2.75) is 49.1 Å². The van der Waals surface area contributed by atoms with Crippen LogP contribution < -0.4 is 10.6 Å². The Bertz CT molecular complexity index is 1250. The fourth-order valence-corrected chi connectivity index (χ4v) is 6.45. The van der Waals surface area contributed by atoms with Crippen LogP contribution in [0.15, 0.2) is 59.9 Å². The summed E-state index contributed by atoms with van der Waals surface area (Å²) in [6.45, 7) is 2.46. The number of hydrogen-bond donors (Lipinski definition) is 2. The van der Waals surface area contributed by atoms with Crippen LogP contribution in [0.25, 0.3) is 5.65 Å². The van der Waals surface area contributed by atoms with Crippen molar-refractivity contribution in [1.82, 2.24) is 24.3 Å². The fourth-order valence-electron chi connectivity index (χ4n) is 4.97. The molecule has 8 nitrogen and oxygen atoms in total. The van der Waals surface area contributed by atoms with Crippen molar-refractivity contribution in [3.8, 4) is 0 Å². The van der Waals surface area contributed by atoms with Crippen LogP contribution >= 0.6 is 0 Å². The van der Waals surface area contributed by atoms with Gasteiger partial charge in [-0.1, -0.05) is 12.1 Å². The monoisotopic (exact) mass is 467 g/mol. The molecule has 0 bridgehead atoms. The lowest BCUT2D eigenvalue weighted by Gasteiger charge is -2.28. The highest BCUT2D eigenvalue weighted by Crippen LogP contribution is 2.32. The predicted molar refractivity (Wildman–Crippen MR) is 125 cm³/mol. The second-order valence-corrected chi connectivity index (χ2v) is 10.9. The molecule has 174 valence electrons. The molecule has 0 aliphatic carbocycles. The van der Waals surface area contributed by atoms with Gasteiger partial charge in [0.05, 0.1) is 10.5 Å². The molecule has 2 aliphatic heterocycles. The van der Waals surface area contributed by atoms with Crippen LogP contribution in [0.4, 0.5) is 0 Å². The van der Waals surface area contributed by atoms with Crippen molar-refractivity contribution in [2.24, 2.45) is 0 Å². The van der Waals surface area contributed by atoms with E-state index in [1.54, 1.807) is 63.7 Å². The number of carbonyl (C=O) groups excluding carboxylic acids is 1. The molecule has 2 N–H and O–H groups in total. The minimum absolute atomic E-state index is 0.120. The molecule has 4 heterocycles. The second-order valence-electron chi connectivity index (χ2n) is 9.01. The number of carbonyl (C=O) groups is 1. The van der Waals surface area contributed by atoms with E-state index in [9.17, 15) is 13.2 Å². The van der Waals surface area contributed by atoms with Crippen molar-refractivity contribution < 1.29 is 13.2 Å². The van der Waals surface area contributed by atoms with Crippen LogP contribution in [-0.4, -0.2) is 53.2 Å². The van der Waals surface area contributed by atoms with Crippen LogP contribution in [-0.2, 0) is 16.6 Å². The minimum Gasteiger partial charge on any atom is -0.348 e. The van der Waals surface area contributed by atoms with Crippen LogP contribution in [0, 0.1) is 0 Å². The number of aromatic nitrogens is 2. The molecule has 1 amide bonds. The Morgan fingerprint density at radius 2 is 1.88 bits per heavy atom. The molecular formula is C24H29N5O3S. The van der Waals surface area contributed by atoms with Gasteiger partial charge in [0.15, 0.2) is 0 Å². The van der Waals surface area contributed by atoms with Crippen molar-refractivity contribution >= 4 is 21.6 Å². The molecule has 1 spiro atoms. The summed E-state index contributed by atoms with van der Waals surface area (Å²) in [6.07, 6.45) is 10.3. The predicted octanol–water partition coefficient (Wildman–Crippen LogP) is 2.56. The van der Waals surface area contributed by atoms with Gasteiger partial charge in [0.1, 0.15) is 5.65 Å². The third-order valence-corrected chi connectivity index (χ3v) is 8.81. The number of fused-ring (bicyclic) bond motifs is 1. The number of imidazole rings is 1. The van der Waals surface area contributed by atoms with Gasteiger partial charge in [-0.25, -0.2) is 13.4 Å². The van der Waals surface area contributed by atoms with Gasteiger partial charge in [0, 0.05) is 43.8 Å². The summed E-state index contributed by atoms with van der Waals surface area (Å²) in [6, 6.07) is 10.3. The van der Waals surface area contributed by atoms with E-state index in [0.717, 1.165) is 43.4 Å². The van der Waals surface area contributed by atoms with Gasteiger partial charge in [0.2, 0.25) is 10.0 Å². The second kappa shape index (κ2) is 8.89. The highest BCUT2D eigenvalue weighted by Gasteiger charge is 2.37. The molecule has 1 atom stereocenters. The molecular weight excluding hydrogens is 438 g/mol. The average Bonchev–Trinajstić information content (AvgIpc) is 3.43. The summed E-state index contributed by atoms with van der Waals surface area (Å²) >= 11 is 0. The lowest BCUT2D eigenvalue weighted by atomic mass is 9.89. The zero-order chi connectivity index (χ0) is 22.9. The summed E-state index contributed by atoms with van der Waals surface area (Å²) in [5, 5.41) is 6.50. The van der Waals surface area contributed by atoms with Gasteiger partial charge in [-0.3, -0.25) is 4.79 Å². The van der Waals surface area contributed by atoms with Gasteiger partial charge in [-0.2, -0.15) is 4.31 Å². The third kappa shape index (κ3) is 4.53. The smallest absolute Gasteiger partial charge is 0.253 e. The summed E-state index contributed by atoms with van der Waals surface area (Å²) in [4.78, 5) is 17.0. The Morgan fingerprint density at radius 3 is 2.67 bits per heavy atom. The van der Waals surface area contributed by atoms with Crippen LogP contribution in [0.1, 0.15) is 48.0 Å². The summed E-state index contributed by atoms with van der Waals surface area (Å²) in [5.41, 5.74) is 2.28. The summed E-state index contributed by atoms with van der Waals surface area (Å²) in [5.74, 6) is -0.193. The fraction of sp³-hybridized carbons (Fsp3) is 0.417. The lowest BCUT2D eigenvalue weighted by molar-refractivity contribution is 0.0950. The van der Waals surface area contributed by atoms with E-state index in [1.165, 1.54) is 6.42 Å². The maximum absolute atomic E-state index is 13.2. The van der Waals surface area contributed by atoms with Crippen molar-refractivity contribution in [3.63, 3.8) is 0 Å². The largest absolute Gasteiger partial charge is 0.348 e. The molecule has 9 heteroatoms. The number of hydrogen-bond acceptors (Lipinski definition) is 5. The molecule has 33 heavy (non-hydrogen) atoms. The Balaban J connectivity index is 1.21. The molecule has 2 fully saturated rings. The molecule has 2 aromatic heterocycles. The maximum atomic E-state index is 13.2. The first-order valence-electron chi connectivity index (χ1n) is 11.5. The van der Waals surface area contributed by atoms with Crippen molar-refractivity contribution in [1.29, 1.82) is 0 Å². The Hall–Kier alpha value is -2.75. The third-order valence-electron chi connectivity index (χ3n) is 6.90. The highest BCUT2D eigenvalue weighted by atomic mass is 32.2. The van der Waals surface area contributed by atoms with Crippen LogP contribution in [0.5, 0.6) is 0 Å². The number of pyridine rings is 1. The van der Waals surface area contributed by atoms with E-state index >= 15 is 0 Å². The molecule has 2 saturated heterocycles. The maximum Gasteiger partial charge on any atom is 0.253 e. The van der Waals surface area contributed by atoms with Crippen molar-refractivity contribution in [2.75, 3.05) is 19.6 Å². The molecule has 3 aromatic rings. The van der Waals surface area contributed by atoms with E-state index in [2.05, 4.69) is 15.6 Å². The first kappa shape index (κ1) is 22.1. The molecule has 5 rings (SSSR count). The summed E-state index contributed by atoms with van der Waals surface area (Å²) < 4.78 is 29.9. The standard InChI is InChI=1S/C24H29N5O3S/c30-23(20-5-8-22-25-13-16-28(22)18-20)26-17-19-3-6-21(7-4-19)33(31,32)29-14-2-10-24(11-15-29)9-1-12-27-24/h3-8,13,16,18,27H,1-2,9-12,14-15,17H2,(H,26,30). The SMILES string of the molecule is O=C(NCc1ccc(S(=O)(=O)N2CCCC3(CCCN3)CC2)cc1)c1ccc2nccn2c1. The number of amides is 1. The van der Waals surface area contributed by atoms with Crippen LogP contribution in [0.2, 0.25) is 0 Å². The van der Waals surface area contributed by atoms with Crippen LogP contribution in [0.3, 0.4) is 0 Å². The zero-order valence-electron chi connectivity index (χ0n) is 18.5. The van der Waals surface area contributed by atoms with Gasteiger partial charge < -0.3 is 15.0 Å². The first-order chi connectivity index (χ1) is 16.0. The quantitative estimate of drug-likeness (QED) is 0.601. The Morgan fingerprint density at radius 1 is 1.06 bits per heavy atom. The molecule has 0 saturated carbocycles. The molecule has 2 aliphatic rings. The average molecular weight is 468 g/mol. The Labute approximate surface area is 194 Å². The van der Waals surface area contributed by atoms with E-state index < -0.39 is 10.0 Å². The zero-order valence-corrected chi connectivity index (χ0v) is 19.4. The Kier molecular flexibility index (Phi) is 5.94. The van der Waals surface area contributed by atoms with Gasteiger partial charge in [-0.05, 0) is 68.5 Å². The molecule has 1 aromatic carbocycles.